The van der Waals surface area contributed by atoms with Crippen LogP contribution in [0.3, 0.4) is 0 Å². The molecule has 1 aromatic rings. The molecule has 0 radical (unpaired) electrons. The number of ether oxygens (including phenoxy) is 1. The molecule has 110 valence electrons. The number of aromatic nitrogens is 2. The minimum atomic E-state index is 0. The highest BCUT2D eigenvalue weighted by Crippen LogP contribution is 2.38. The topological polar surface area (TPSA) is 38.3 Å². The molecule has 1 fully saturated rings. The van der Waals surface area contributed by atoms with Crippen molar-refractivity contribution in [1.29, 1.82) is 0 Å². The molecule has 0 saturated carbocycles. The van der Waals surface area contributed by atoms with E-state index in [1.54, 1.807) is 12.4 Å². The molecule has 0 amide bonds. The molecule has 4 nitrogen and oxygen atoms in total. The highest BCUT2D eigenvalue weighted by atomic mass is 35.5. The monoisotopic (exact) mass is 295 g/mol. The van der Waals surface area contributed by atoms with Crippen molar-refractivity contribution in [1.82, 2.24) is 14.9 Å². The van der Waals surface area contributed by atoms with Crippen LogP contribution in [0.4, 0.5) is 0 Å². The second kappa shape index (κ2) is 6.93. The molecule has 5 heteroatoms. The molecule has 1 saturated heterocycles. The van der Waals surface area contributed by atoms with Gasteiger partial charge in [-0.15, -0.1) is 12.4 Å². The number of halogens is 1. The van der Waals surface area contributed by atoms with Crippen molar-refractivity contribution in [2.24, 2.45) is 5.92 Å². The highest BCUT2D eigenvalue weighted by Gasteiger charge is 2.30. The summed E-state index contributed by atoms with van der Waals surface area (Å²) < 4.78 is 5.81. The molecule has 4 heterocycles. The predicted molar refractivity (Wildman–Crippen MR) is 82.0 cm³/mol. The Morgan fingerprint density at radius 2 is 2.00 bits per heavy atom. The quantitative estimate of drug-likeness (QED) is 0.782. The molecule has 4 rings (SSSR count). The second-order valence-corrected chi connectivity index (χ2v) is 5.31. The summed E-state index contributed by atoms with van der Waals surface area (Å²) in [4.78, 5) is 11.3. The summed E-state index contributed by atoms with van der Waals surface area (Å²) in [7, 11) is 0. The largest absolute Gasteiger partial charge is 0.476 e. The lowest BCUT2D eigenvalue weighted by atomic mass is 9.84. The molecule has 0 unspecified atom stereocenters. The summed E-state index contributed by atoms with van der Waals surface area (Å²) in [6.07, 6.45) is 10.4. The van der Waals surface area contributed by atoms with Gasteiger partial charge in [0.15, 0.2) is 0 Å². The number of rotatable bonds is 5. The minimum absolute atomic E-state index is 0. The van der Waals surface area contributed by atoms with Crippen LogP contribution >= 0.6 is 12.4 Å². The summed E-state index contributed by atoms with van der Waals surface area (Å²) in [6, 6.07) is 0. The zero-order valence-electron chi connectivity index (χ0n) is 11.9. The molecule has 0 aromatic carbocycles. The normalized spacial score (nSPS) is 17.6. The van der Waals surface area contributed by atoms with E-state index in [1.165, 1.54) is 31.5 Å². The maximum atomic E-state index is 5.81. The Bertz CT molecular complexity index is 470. The summed E-state index contributed by atoms with van der Waals surface area (Å²) in [5.41, 5.74) is 2.27. The SMILES string of the molecule is CCCCOc1nccnc1C1=CN2CCC1CC2.Cl. The fourth-order valence-electron chi connectivity index (χ4n) is 2.84. The Kier molecular flexibility index (Phi) is 5.24. The van der Waals surface area contributed by atoms with Crippen LogP contribution in [0.15, 0.2) is 18.6 Å². The second-order valence-electron chi connectivity index (χ2n) is 5.31. The van der Waals surface area contributed by atoms with Crippen molar-refractivity contribution in [3.8, 4) is 5.88 Å². The van der Waals surface area contributed by atoms with Crippen LogP contribution in [0.1, 0.15) is 38.3 Å². The van der Waals surface area contributed by atoms with Gasteiger partial charge in [-0.25, -0.2) is 9.97 Å². The standard InChI is InChI=1S/C15H21N3O.ClH/c1-2-3-10-19-15-14(16-6-7-17-15)13-11-18-8-4-12(13)5-9-18;/h6-7,11-12H,2-5,8-10H2,1H3;1H. The van der Waals surface area contributed by atoms with E-state index in [0.717, 1.165) is 25.1 Å². The van der Waals surface area contributed by atoms with Crippen molar-refractivity contribution in [3.05, 3.63) is 24.3 Å². The number of unbranched alkanes of at least 4 members (excludes halogenated alkanes) is 1. The molecular formula is C15H22ClN3O. The molecular weight excluding hydrogens is 274 g/mol. The number of allylic oxidation sites excluding steroid dienone is 1. The zero-order chi connectivity index (χ0) is 13.1. The lowest BCUT2D eigenvalue weighted by Crippen LogP contribution is -2.35. The summed E-state index contributed by atoms with van der Waals surface area (Å²) in [5, 5.41) is 0. The van der Waals surface area contributed by atoms with E-state index in [4.69, 9.17) is 4.74 Å². The maximum Gasteiger partial charge on any atom is 0.240 e. The van der Waals surface area contributed by atoms with Crippen LogP contribution < -0.4 is 4.74 Å². The molecule has 0 spiro atoms. The van der Waals surface area contributed by atoms with Gasteiger partial charge >= 0.3 is 0 Å². The summed E-state index contributed by atoms with van der Waals surface area (Å²) >= 11 is 0. The average Bonchev–Trinajstić information content (AvgIpc) is 2.49. The van der Waals surface area contributed by atoms with E-state index in [9.17, 15) is 0 Å². The van der Waals surface area contributed by atoms with Crippen molar-refractivity contribution in [3.63, 3.8) is 0 Å². The highest BCUT2D eigenvalue weighted by molar-refractivity contribution is 5.85. The number of fused-ring (bicyclic) bond motifs is 2. The van der Waals surface area contributed by atoms with E-state index in [1.807, 2.05) is 0 Å². The van der Waals surface area contributed by atoms with E-state index < -0.39 is 0 Å². The Morgan fingerprint density at radius 3 is 2.65 bits per heavy atom. The van der Waals surface area contributed by atoms with Crippen LogP contribution in [0.25, 0.3) is 5.57 Å². The summed E-state index contributed by atoms with van der Waals surface area (Å²) in [5.74, 6) is 1.34. The first-order valence-corrected chi connectivity index (χ1v) is 7.28. The van der Waals surface area contributed by atoms with Crippen molar-refractivity contribution < 1.29 is 4.74 Å². The van der Waals surface area contributed by atoms with Gasteiger partial charge < -0.3 is 9.64 Å². The predicted octanol–water partition coefficient (Wildman–Crippen LogP) is 3.14. The Balaban J connectivity index is 0.00000147. The third kappa shape index (κ3) is 3.06. The smallest absolute Gasteiger partial charge is 0.240 e. The zero-order valence-corrected chi connectivity index (χ0v) is 12.7. The molecule has 20 heavy (non-hydrogen) atoms. The lowest BCUT2D eigenvalue weighted by molar-refractivity contribution is 0.250. The molecule has 2 bridgehead atoms. The number of hydrogen-bond donors (Lipinski definition) is 0. The Hall–Kier alpha value is -1.29. The Morgan fingerprint density at radius 1 is 1.25 bits per heavy atom. The van der Waals surface area contributed by atoms with Crippen LogP contribution in [0.2, 0.25) is 0 Å². The summed E-state index contributed by atoms with van der Waals surface area (Å²) in [6.45, 7) is 5.25. The van der Waals surface area contributed by atoms with Gasteiger partial charge in [0.1, 0.15) is 5.69 Å². The van der Waals surface area contributed by atoms with E-state index in [-0.39, 0.29) is 12.4 Å². The minimum Gasteiger partial charge on any atom is -0.476 e. The van der Waals surface area contributed by atoms with E-state index in [0.29, 0.717) is 11.8 Å². The van der Waals surface area contributed by atoms with E-state index >= 15 is 0 Å². The van der Waals surface area contributed by atoms with Crippen molar-refractivity contribution in [2.75, 3.05) is 19.7 Å². The molecule has 0 N–H and O–H groups in total. The van der Waals surface area contributed by atoms with Crippen LogP contribution in [0.5, 0.6) is 5.88 Å². The third-order valence-corrected chi connectivity index (χ3v) is 3.97. The van der Waals surface area contributed by atoms with Crippen molar-refractivity contribution >= 4 is 18.0 Å². The third-order valence-electron chi connectivity index (χ3n) is 3.97. The fraction of sp³-hybridized carbons (Fsp3) is 0.600. The van der Waals surface area contributed by atoms with Crippen LogP contribution in [-0.4, -0.2) is 34.6 Å². The van der Waals surface area contributed by atoms with Gasteiger partial charge in [0.05, 0.1) is 6.61 Å². The van der Waals surface area contributed by atoms with Gasteiger partial charge in [0.25, 0.3) is 0 Å². The van der Waals surface area contributed by atoms with Gasteiger partial charge in [-0.1, -0.05) is 13.3 Å². The van der Waals surface area contributed by atoms with Gasteiger partial charge in [-0.05, 0) is 25.2 Å². The van der Waals surface area contributed by atoms with Gasteiger partial charge in [0, 0.05) is 37.3 Å². The maximum absolute atomic E-state index is 5.81. The first kappa shape index (κ1) is 15.1. The van der Waals surface area contributed by atoms with Gasteiger partial charge in [-0.3, -0.25) is 0 Å². The van der Waals surface area contributed by atoms with Crippen LogP contribution in [0, 0.1) is 5.92 Å². The molecule has 1 aromatic heterocycles. The average molecular weight is 296 g/mol. The molecule has 3 aliphatic rings. The number of nitrogens with zero attached hydrogens (tertiary/aromatic N) is 3. The molecule has 3 aliphatic heterocycles. The van der Waals surface area contributed by atoms with Gasteiger partial charge in [-0.2, -0.15) is 0 Å². The van der Waals surface area contributed by atoms with Crippen LogP contribution in [-0.2, 0) is 0 Å². The first-order valence-electron chi connectivity index (χ1n) is 7.28. The number of piperidine rings is 1. The van der Waals surface area contributed by atoms with Crippen molar-refractivity contribution in [2.45, 2.75) is 32.6 Å². The van der Waals surface area contributed by atoms with E-state index in [2.05, 4.69) is 28.0 Å². The van der Waals surface area contributed by atoms with Gasteiger partial charge in [0.2, 0.25) is 5.88 Å². The molecule has 0 atom stereocenters. The first-order chi connectivity index (χ1) is 9.38. The Labute approximate surface area is 126 Å². The molecule has 0 aliphatic carbocycles. The number of hydrogen-bond acceptors (Lipinski definition) is 4. The lowest BCUT2D eigenvalue weighted by Gasteiger charge is -2.38. The fourth-order valence-corrected chi connectivity index (χ4v) is 2.84.